The number of thiophene rings is 1. The van der Waals surface area contributed by atoms with Crippen molar-refractivity contribution in [3.8, 4) is 11.4 Å². The first-order valence-electron chi connectivity index (χ1n) is 9.16. The number of amides is 1. The van der Waals surface area contributed by atoms with Crippen molar-refractivity contribution in [2.75, 3.05) is 26.2 Å². The summed E-state index contributed by atoms with van der Waals surface area (Å²) in [7, 11) is 0. The first kappa shape index (κ1) is 16.7. The predicted molar refractivity (Wildman–Crippen MR) is 96.0 cm³/mol. The van der Waals surface area contributed by atoms with E-state index in [9.17, 15) is 4.79 Å². The molecule has 0 bridgehead atoms. The highest BCUT2D eigenvalue weighted by atomic mass is 32.1. The highest BCUT2D eigenvalue weighted by Gasteiger charge is 2.29. The molecular weight excluding hydrogens is 336 g/mol. The topological polar surface area (TPSA) is 62.5 Å². The Balaban J connectivity index is 1.28. The van der Waals surface area contributed by atoms with E-state index in [4.69, 9.17) is 4.52 Å². The number of hydrogen-bond acceptors (Lipinski definition) is 6. The summed E-state index contributed by atoms with van der Waals surface area (Å²) in [5.41, 5.74) is 1.01. The van der Waals surface area contributed by atoms with Gasteiger partial charge in [-0.15, -0.1) is 0 Å². The van der Waals surface area contributed by atoms with Crippen LogP contribution in [0.3, 0.4) is 0 Å². The first-order chi connectivity index (χ1) is 12.3. The predicted octanol–water partition coefficient (Wildman–Crippen LogP) is 3.02. The number of carbonyl (C=O) groups excluding carboxylic acids is 1. The Morgan fingerprint density at radius 2 is 2.00 bits per heavy atom. The van der Waals surface area contributed by atoms with Crippen LogP contribution in [0.15, 0.2) is 21.3 Å². The Hall–Kier alpha value is -1.73. The van der Waals surface area contributed by atoms with Gasteiger partial charge in [0.1, 0.15) is 0 Å². The van der Waals surface area contributed by atoms with Crippen LogP contribution in [-0.2, 0) is 11.3 Å². The second kappa shape index (κ2) is 7.66. The molecule has 0 radical (unpaired) electrons. The molecule has 4 rings (SSSR count). The molecule has 0 unspecified atom stereocenters. The van der Waals surface area contributed by atoms with E-state index in [1.165, 1.54) is 6.42 Å². The van der Waals surface area contributed by atoms with E-state index in [-0.39, 0.29) is 5.92 Å². The third-order valence-electron chi connectivity index (χ3n) is 5.21. The number of carbonyl (C=O) groups is 1. The SMILES string of the molecule is O=C(C1CCN(Cc2nc(-c3ccsc3)no2)CC1)N1CCCCC1. The van der Waals surface area contributed by atoms with Crippen LogP contribution in [0.2, 0.25) is 0 Å². The van der Waals surface area contributed by atoms with Gasteiger partial charge in [-0.2, -0.15) is 16.3 Å². The molecule has 0 aliphatic carbocycles. The summed E-state index contributed by atoms with van der Waals surface area (Å²) in [4.78, 5) is 21.5. The van der Waals surface area contributed by atoms with Gasteiger partial charge >= 0.3 is 0 Å². The van der Waals surface area contributed by atoms with Crippen molar-refractivity contribution in [3.05, 3.63) is 22.7 Å². The second-order valence-corrected chi connectivity index (χ2v) is 7.74. The third-order valence-corrected chi connectivity index (χ3v) is 5.89. The van der Waals surface area contributed by atoms with E-state index in [2.05, 4.69) is 19.9 Å². The summed E-state index contributed by atoms with van der Waals surface area (Å²) >= 11 is 1.63. The average molecular weight is 360 g/mol. The number of likely N-dealkylation sites (tertiary alicyclic amines) is 2. The summed E-state index contributed by atoms with van der Waals surface area (Å²) < 4.78 is 5.39. The minimum absolute atomic E-state index is 0.193. The molecule has 7 heteroatoms. The maximum atomic E-state index is 12.6. The average Bonchev–Trinajstić information content (AvgIpc) is 3.34. The maximum Gasteiger partial charge on any atom is 0.241 e. The zero-order valence-corrected chi connectivity index (χ0v) is 15.2. The van der Waals surface area contributed by atoms with Crippen LogP contribution in [0.4, 0.5) is 0 Å². The molecule has 2 aromatic rings. The van der Waals surface area contributed by atoms with Crippen LogP contribution < -0.4 is 0 Å². The molecule has 25 heavy (non-hydrogen) atoms. The monoisotopic (exact) mass is 360 g/mol. The van der Waals surface area contributed by atoms with Crippen LogP contribution >= 0.6 is 11.3 Å². The largest absolute Gasteiger partial charge is 0.342 e. The molecule has 2 saturated heterocycles. The van der Waals surface area contributed by atoms with Crippen molar-refractivity contribution >= 4 is 17.2 Å². The fourth-order valence-electron chi connectivity index (χ4n) is 3.73. The van der Waals surface area contributed by atoms with E-state index in [0.29, 0.717) is 24.2 Å². The van der Waals surface area contributed by atoms with Gasteiger partial charge in [-0.1, -0.05) is 5.16 Å². The van der Waals surface area contributed by atoms with Crippen LogP contribution in [0.5, 0.6) is 0 Å². The Morgan fingerprint density at radius 1 is 1.20 bits per heavy atom. The standard InChI is InChI=1S/C18H24N4O2S/c23-18(22-7-2-1-3-8-22)14-4-9-21(10-5-14)12-16-19-17(20-24-16)15-6-11-25-13-15/h6,11,13-14H,1-5,7-10,12H2. The minimum atomic E-state index is 0.193. The van der Waals surface area contributed by atoms with Crippen LogP contribution in [0, 0.1) is 5.92 Å². The number of nitrogens with zero attached hydrogens (tertiary/aromatic N) is 4. The van der Waals surface area contributed by atoms with Crippen molar-refractivity contribution in [2.24, 2.45) is 5.92 Å². The Morgan fingerprint density at radius 3 is 2.72 bits per heavy atom. The van der Waals surface area contributed by atoms with Crippen molar-refractivity contribution in [1.82, 2.24) is 19.9 Å². The summed E-state index contributed by atoms with van der Waals surface area (Å²) in [6.45, 7) is 4.40. The molecule has 1 amide bonds. The number of aromatic nitrogens is 2. The Bertz CT molecular complexity index is 686. The van der Waals surface area contributed by atoms with Gasteiger partial charge in [-0.05, 0) is 56.6 Å². The zero-order chi connectivity index (χ0) is 17.1. The van der Waals surface area contributed by atoms with Gasteiger partial charge in [0.25, 0.3) is 0 Å². The number of hydrogen-bond donors (Lipinski definition) is 0. The molecule has 2 aromatic heterocycles. The third kappa shape index (κ3) is 3.93. The van der Waals surface area contributed by atoms with E-state index >= 15 is 0 Å². The summed E-state index contributed by atoms with van der Waals surface area (Å²) in [6.07, 6.45) is 5.45. The van der Waals surface area contributed by atoms with Gasteiger partial charge in [0.05, 0.1) is 6.54 Å². The van der Waals surface area contributed by atoms with E-state index in [1.807, 2.05) is 16.8 Å². The molecule has 0 saturated carbocycles. The van der Waals surface area contributed by atoms with Crippen molar-refractivity contribution in [2.45, 2.75) is 38.6 Å². The highest BCUT2D eigenvalue weighted by Crippen LogP contribution is 2.24. The Kier molecular flexibility index (Phi) is 5.12. The van der Waals surface area contributed by atoms with Gasteiger partial charge in [0, 0.05) is 30.0 Å². The van der Waals surface area contributed by atoms with Crippen LogP contribution in [-0.4, -0.2) is 52.0 Å². The lowest BCUT2D eigenvalue weighted by atomic mass is 9.94. The van der Waals surface area contributed by atoms with Gasteiger partial charge in [-0.25, -0.2) is 0 Å². The molecule has 2 fully saturated rings. The van der Waals surface area contributed by atoms with Gasteiger partial charge in [0.2, 0.25) is 17.6 Å². The zero-order valence-electron chi connectivity index (χ0n) is 14.4. The van der Waals surface area contributed by atoms with Crippen molar-refractivity contribution < 1.29 is 9.32 Å². The molecule has 0 aromatic carbocycles. The van der Waals surface area contributed by atoms with Crippen molar-refractivity contribution in [3.63, 3.8) is 0 Å². The van der Waals surface area contributed by atoms with E-state index < -0.39 is 0 Å². The van der Waals surface area contributed by atoms with Gasteiger partial charge in [-0.3, -0.25) is 9.69 Å². The first-order valence-corrected chi connectivity index (χ1v) is 10.1. The number of piperidine rings is 2. The highest BCUT2D eigenvalue weighted by molar-refractivity contribution is 7.08. The molecule has 2 aliphatic heterocycles. The Labute approximate surface area is 151 Å². The summed E-state index contributed by atoms with van der Waals surface area (Å²) in [5, 5.41) is 8.09. The molecule has 134 valence electrons. The fourth-order valence-corrected chi connectivity index (χ4v) is 4.36. The minimum Gasteiger partial charge on any atom is -0.342 e. The lowest BCUT2D eigenvalue weighted by molar-refractivity contribution is -0.138. The summed E-state index contributed by atoms with van der Waals surface area (Å²) in [5.74, 6) is 1.88. The summed E-state index contributed by atoms with van der Waals surface area (Å²) in [6, 6.07) is 2.00. The second-order valence-electron chi connectivity index (χ2n) is 6.96. The molecule has 2 aliphatic rings. The fraction of sp³-hybridized carbons (Fsp3) is 0.611. The molecular formula is C18H24N4O2S. The molecule has 6 nitrogen and oxygen atoms in total. The van der Waals surface area contributed by atoms with Gasteiger partial charge < -0.3 is 9.42 Å². The lowest BCUT2D eigenvalue weighted by Gasteiger charge is -2.35. The van der Waals surface area contributed by atoms with Crippen LogP contribution in [0.1, 0.15) is 38.0 Å². The number of rotatable bonds is 4. The molecule has 0 N–H and O–H groups in total. The normalized spacial score (nSPS) is 20.1. The van der Waals surface area contributed by atoms with E-state index in [1.54, 1.807) is 11.3 Å². The quantitative estimate of drug-likeness (QED) is 0.839. The van der Waals surface area contributed by atoms with Crippen molar-refractivity contribution in [1.29, 1.82) is 0 Å². The lowest BCUT2D eigenvalue weighted by Crippen LogP contribution is -2.44. The van der Waals surface area contributed by atoms with E-state index in [0.717, 1.165) is 57.4 Å². The molecule has 4 heterocycles. The van der Waals surface area contributed by atoms with Crippen LogP contribution in [0.25, 0.3) is 11.4 Å². The molecule has 0 atom stereocenters. The molecule has 0 spiro atoms. The smallest absolute Gasteiger partial charge is 0.241 e. The maximum absolute atomic E-state index is 12.6. The van der Waals surface area contributed by atoms with Gasteiger partial charge in [0.15, 0.2) is 0 Å².